The van der Waals surface area contributed by atoms with Crippen molar-refractivity contribution in [2.75, 3.05) is 7.05 Å². The molecule has 0 heterocycles. The maximum atomic E-state index is 11.0. The van der Waals surface area contributed by atoms with Gasteiger partial charge in [-0.1, -0.05) is 12.1 Å². The summed E-state index contributed by atoms with van der Waals surface area (Å²) in [6.45, 7) is 0. The minimum atomic E-state index is -0.454. The van der Waals surface area contributed by atoms with Gasteiger partial charge in [-0.05, 0) is 17.7 Å². The van der Waals surface area contributed by atoms with E-state index in [-0.39, 0.29) is 5.84 Å². The zero-order valence-electron chi connectivity index (χ0n) is 9.34. The number of amidine groups is 1. The van der Waals surface area contributed by atoms with Gasteiger partial charge in [0.2, 0.25) is 0 Å². The van der Waals surface area contributed by atoms with E-state index in [4.69, 9.17) is 11.1 Å². The Labute approximate surface area is 98.8 Å². The van der Waals surface area contributed by atoms with Crippen LogP contribution < -0.4 is 11.1 Å². The lowest BCUT2D eigenvalue weighted by atomic mass is 10.2. The number of nitrogens with one attached hydrogen (secondary N) is 2. The molecular weight excluding hydrogens is 218 g/mol. The first-order valence-corrected chi connectivity index (χ1v) is 4.86. The summed E-state index contributed by atoms with van der Waals surface area (Å²) >= 11 is 0. The summed E-state index contributed by atoms with van der Waals surface area (Å²) in [5.74, 6) is -0.607. The van der Waals surface area contributed by atoms with Crippen LogP contribution in [0.5, 0.6) is 0 Å². The minimum absolute atomic E-state index is 0.153. The van der Waals surface area contributed by atoms with Gasteiger partial charge in [0.1, 0.15) is 6.34 Å². The molecule has 1 aromatic rings. The molecule has 1 aromatic carbocycles. The first-order valence-electron chi connectivity index (χ1n) is 4.86. The number of rotatable bonds is 3. The fourth-order valence-electron chi connectivity index (χ4n) is 1.04. The van der Waals surface area contributed by atoms with Crippen LogP contribution in [0.1, 0.15) is 5.56 Å². The van der Waals surface area contributed by atoms with Crippen LogP contribution >= 0.6 is 0 Å². The summed E-state index contributed by atoms with van der Waals surface area (Å²) in [5, 5.41) is 9.43. The van der Waals surface area contributed by atoms with Gasteiger partial charge in [-0.2, -0.15) is 0 Å². The van der Waals surface area contributed by atoms with E-state index in [1.165, 1.54) is 19.6 Å². The molecule has 0 bridgehead atoms. The van der Waals surface area contributed by atoms with Crippen molar-refractivity contribution in [2.45, 2.75) is 0 Å². The predicted octanol–water partition coefficient (Wildman–Crippen LogP) is 0.447. The van der Waals surface area contributed by atoms with Gasteiger partial charge in [-0.25, -0.2) is 9.98 Å². The van der Waals surface area contributed by atoms with Crippen molar-refractivity contribution in [3.8, 4) is 0 Å². The van der Waals surface area contributed by atoms with Crippen LogP contribution in [0.3, 0.4) is 0 Å². The number of amides is 1. The SMILES string of the molecule is CNC(=O)C(N)=NC=Nc1cccc(C=N)c1. The van der Waals surface area contributed by atoms with Crippen LogP contribution in [0.2, 0.25) is 0 Å². The molecule has 0 fully saturated rings. The van der Waals surface area contributed by atoms with Gasteiger partial charge in [0, 0.05) is 13.3 Å². The van der Waals surface area contributed by atoms with E-state index in [0.717, 1.165) is 5.56 Å². The molecule has 0 aliphatic heterocycles. The van der Waals surface area contributed by atoms with Gasteiger partial charge >= 0.3 is 0 Å². The molecule has 0 aliphatic rings. The van der Waals surface area contributed by atoms with Crippen molar-refractivity contribution >= 4 is 30.0 Å². The Kier molecular flexibility index (Phi) is 4.56. The molecule has 0 aliphatic carbocycles. The molecule has 0 spiro atoms. The Morgan fingerprint density at radius 1 is 1.53 bits per heavy atom. The third-order valence-electron chi connectivity index (χ3n) is 1.90. The fraction of sp³-hybridized carbons (Fsp3) is 0.0909. The fourth-order valence-corrected chi connectivity index (χ4v) is 1.04. The summed E-state index contributed by atoms with van der Waals surface area (Å²) in [5.41, 5.74) is 6.74. The summed E-state index contributed by atoms with van der Waals surface area (Å²) < 4.78 is 0. The van der Waals surface area contributed by atoms with Gasteiger partial charge in [0.15, 0.2) is 5.84 Å². The Hall–Kier alpha value is -2.50. The number of nitrogens with zero attached hydrogens (tertiary/aromatic N) is 2. The third-order valence-corrected chi connectivity index (χ3v) is 1.90. The largest absolute Gasteiger partial charge is 0.379 e. The molecule has 0 saturated carbocycles. The minimum Gasteiger partial charge on any atom is -0.379 e. The maximum absolute atomic E-state index is 11.0. The molecule has 0 aromatic heterocycles. The molecule has 0 radical (unpaired) electrons. The van der Waals surface area contributed by atoms with E-state index in [1.807, 2.05) is 0 Å². The second-order valence-corrected chi connectivity index (χ2v) is 3.08. The Balaban J connectivity index is 2.77. The van der Waals surface area contributed by atoms with Crippen LogP contribution in [0.25, 0.3) is 0 Å². The number of nitrogens with two attached hydrogens (primary N) is 1. The van der Waals surface area contributed by atoms with E-state index in [0.29, 0.717) is 5.69 Å². The van der Waals surface area contributed by atoms with E-state index < -0.39 is 5.91 Å². The summed E-state index contributed by atoms with van der Waals surface area (Å²) in [4.78, 5) is 18.7. The van der Waals surface area contributed by atoms with Crippen molar-refractivity contribution in [3.63, 3.8) is 0 Å². The maximum Gasteiger partial charge on any atom is 0.286 e. The highest BCUT2D eigenvalue weighted by Gasteiger charge is 2.00. The molecule has 4 N–H and O–H groups in total. The first kappa shape index (κ1) is 12.6. The number of hydrogen-bond donors (Lipinski definition) is 3. The predicted molar refractivity (Wildman–Crippen MR) is 68.2 cm³/mol. The molecule has 17 heavy (non-hydrogen) atoms. The lowest BCUT2D eigenvalue weighted by Crippen LogP contribution is -2.33. The second kappa shape index (κ2) is 6.16. The number of likely N-dealkylation sites (N-methyl/N-ethyl adjacent to an activating group) is 1. The van der Waals surface area contributed by atoms with E-state index >= 15 is 0 Å². The molecule has 6 nitrogen and oxygen atoms in total. The Morgan fingerprint density at radius 3 is 2.94 bits per heavy atom. The molecule has 0 saturated heterocycles. The Morgan fingerprint density at radius 2 is 2.29 bits per heavy atom. The van der Waals surface area contributed by atoms with Crippen LogP contribution in [-0.4, -0.2) is 31.3 Å². The van der Waals surface area contributed by atoms with Crippen LogP contribution in [0, 0.1) is 5.41 Å². The van der Waals surface area contributed by atoms with E-state index in [2.05, 4.69) is 15.3 Å². The monoisotopic (exact) mass is 231 g/mol. The zero-order chi connectivity index (χ0) is 12.7. The number of benzene rings is 1. The van der Waals surface area contributed by atoms with Crippen LogP contribution in [-0.2, 0) is 4.79 Å². The topological polar surface area (TPSA) is 104 Å². The number of carbonyl (C=O) groups excluding carboxylic acids is 1. The Bertz CT molecular complexity index is 479. The van der Waals surface area contributed by atoms with Crippen molar-refractivity contribution < 1.29 is 4.79 Å². The highest BCUT2D eigenvalue weighted by atomic mass is 16.2. The zero-order valence-corrected chi connectivity index (χ0v) is 9.34. The lowest BCUT2D eigenvalue weighted by Gasteiger charge is -1.96. The average Bonchev–Trinajstić information content (AvgIpc) is 2.37. The van der Waals surface area contributed by atoms with Crippen molar-refractivity contribution in [2.24, 2.45) is 15.7 Å². The van der Waals surface area contributed by atoms with Gasteiger partial charge in [0.05, 0.1) is 5.69 Å². The van der Waals surface area contributed by atoms with Gasteiger partial charge in [0.25, 0.3) is 5.91 Å². The summed E-state index contributed by atoms with van der Waals surface area (Å²) in [6.07, 6.45) is 2.43. The van der Waals surface area contributed by atoms with Crippen molar-refractivity contribution in [3.05, 3.63) is 29.8 Å². The standard InChI is InChI=1S/C11H13N5O/c1-14-11(17)10(13)16-7-15-9-4-2-3-8(5-9)6-12/h2-7,12H,1H3,(H,14,17)(H2,13,15,16). The molecule has 1 rings (SSSR count). The van der Waals surface area contributed by atoms with Crippen molar-refractivity contribution in [1.29, 1.82) is 5.41 Å². The number of carbonyl (C=O) groups is 1. The van der Waals surface area contributed by atoms with Crippen LogP contribution in [0.4, 0.5) is 5.69 Å². The third kappa shape index (κ3) is 3.86. The first-order chi connectivity index (χ1) is 8.17. The van der Waals surface area contributed by atoms with E-state index in [9.17, 15) is 4.79 Å². The quantitative estimate of drug-likeness (QED) is 0.519. The van der Waals surface area contributed by atoms with E-state index in [1.54, 1.807) is 24.3 Å². The number of aliphatic imine (C=N–C) groups is 2. The molecule has 0 atom stereocenters. The molecule has 0 unspecified atom stereocenters. The molecule has 1 amide bonds. The lowest BCUT2D eigenvalue weighted by molar-refractivity contribution is -0.114. The summed E-state index contributed by atoms with van der Waals surface area (Å²) in [7, 11) is 1.47. The second-order valence-electron chi connectivity index (χ2n) is 3.08. The number of hydrogen-bond acceptors (Lipinski definition) is 3. The average molecular weight is 231 g/mol. The molecular formula is C11H13N5O. The van der Waals surface area contributed by atoms with Gasteiger partial charge in [-0.3, -0.25) is 4.79 Å². The highest BCUT2D eigenvalue weighted by Crippen LogP contribution is 2.11. The molecule has 6 heteroatoms. The normalized spacial score (nSPS) is 11.5. The van der Waals surface area contributed by atoms with Crippen LogP contribution in [0.15, 0.2) is 34.3 Å². The smallest absolute Gasteiger partial charge is 0.286 e. The highest BCUT2D eigenvalue weighted by molar-refractivity contribution is 6.38. The van der Waals surface area contributed by atoms with Gasteiger partial charge < -0.3 is 16.5 Å². The molecule has 88 valence electrons. The summed E-state index contributed by atoms with van der Waals surface area (Å²) in [6, 6.07) is 7.04. The van der Waals surface area contributed by atoms with Gasteiger partial charge in [-0.15, -0.1) is 0 Å². The van der Waals surface area contributed by atoms with Crippen molar-refractivity contribution in [1.82, 2.24) is 5.32 Å².